The topological polar surface area (TPSA) is 81.9 Å². The van der Waals surface area contributed by atoms with Crippen LogP contribution >= 0.6 is 11.3 Å². The molecular formula is C29H22N4O3S. The summed E-state index contributed by atoms with van der Waals surface area (Å²) in [7, 11) is 0. The van der Waals surface area contributed by atoms with Gasteiger partial charge in [-0.3, -0.25) is 14.7 Å². The second-order valence-corrected chi connectivity index (χ2v) is 9.48. The Bertz CT molecular complexity index is 1830. The van der Waals surface area contributed by atoms with Crippen molar-refractivity contribution in [3.63, 3.8) is 0 Å². The Kier molecular flexibility index (Phi) is 5.78. The van der Waals surface area contributed by atoms with E-state index in [4.69, 9.17) is 4.74 Å². The molecule has 37 heavy (non-hydrogen) atoms. The van der Waals surface area contributed by atoms with E-state index in [2.05, 4.69) is 10.1 Å². The summed E-state index contributed by atoms with van der Waals surface area (Å²) in [6.07, 6.45) is 0. The number of thiazole rings is 1. The zero-order chi connectivity index (χ0) is 25.4. The Morgan fingerprint density at radius 3 is 2.41 bits per heavy atom. The van der Waals surface area contributed by atoms with E-state index < -0.39 is 0 Å². The Hall–Kier alpha value is -4.69. The molecule has 3 heterocycles. The highest BCUT2D eigenvalue weighted by molar-refractivity contribution is 7.12. The SMILES string of the molecule is Cc1c2c(=O)n(-c3nc(-c4ccccc4)cs3)[nH]c2cc(=O)n1Cc1cccc(Oc2ccccc2)c1. The molecule has 6 aromatic rings. The minimum Gasteiger partial charge on any atom is -0.457 e. The van der Waals surface area contributed by atoms with Crippen LogP contribution in [0.2, 0.25) is 0 Å². The van der Waals surface area contributed by atoms with Crippen molar-refractivity contribution in [2.75, 3.05) is 0 Å². The summed E-state index contributed by atoms with van der Waals surface area (Å²) in [5.41, 5.74) is 3.30. The quantitative estimate of drug-likeness (QED) is 0.312. The molecule has 182 valence electrons. The van der Waals surface area contributed by atoms with Crippen LogP contribution in [0.25, 0.3) is 27.3 Å². The summed E-state index contributed by atoms with van der Waals surface area (Å²) in [5, 5.41) is 5.97. The summed E-state index contributed by atoms with van der Waals surface area (Å²) >= 11 is 1.37. The molecule has 0 amide bonds. The lowest BCUT2D eigenvalue weighted by Crippen LogP contribution is -2.23. The molecule has 7 nitrogen and oxygen atoms in total. The van der Waals surface area contributed by atoms with Gasteiger partial charge >= 0.3 is 0 Å². The number of fused-ring (bicyclic) bond motifs is 1. The molecule has 0 radical (unpaired) electrons. The molecule has 3 aromatic heterocycles. The van der Waals surface area contributed by atoms with Crippen molar-refractivity contribution in [1.29, 1.82) is 0 Å². The first-order chi connectivity index (χ1) is 18.1. The highest BCUT2D eigenvalue weighted by atomic mass is 32.1. The van der Waals surface area contributed by atoms with E-state index in [1.54, 1.807) is 11.5 Å². The minimum absolute atomic E-state index is 0.197. The smallest absolute Gasteiger partial charge is 0.282 e. The van der Waals surface area contributed by atoms with E-state index in [0.29, 0.717) is 34.0 Å². The fraction of sp³-hybridized carbons (Fsp3) is 0.0690. The fourth-order valence-electron chi connectivity index (χ4n) is 4.36. The van der Waals surface area contributed by atoms with Crippen molar-refractivity contribution >= 4 is 22.2 Å². The van der Waals surface area contributed by atoms with E-state index in [1.165, 1.54) is 22.1 Å². The summed E-state index contributed by atoms with van der Waals surface area (Å²) in [6, 6.07) is 28.4. The molecule has 6 rings (SSSR count). The largest absolute Gasteiger partial charge is 0.457 e. The average Bonchev–Trinajstić information content (AvgIpc) is 3.53. The third-order valence-electron chi connectivity index (χ3n) is 6.19. The molecule has 0 fully saturated rings. The van der Waals surface area contributed by atoms with Gasteiger partial charge in [0, 0.05) is 22.7 Å². The van der Waals surface area contributed by atoms with Crippen LogP contribution in [0.1, 0.15) is 11.3 Å². The monoisotopic (exact) mass is 506 g/mol. The number of ether oxygens (including phenoxy) is 1. The molecule has 0 spiro atoms. The van der Waals surface area contributed by atoms with E-state index in [0.717, 1.165) is 22.6 Å². The number of para-hydroxylation sites is 1. The van der Waals surface area contributed by atoms with Gasteiger partial charge < -0.3 is 9.30 Å². The first-order valence-corrected chi connectivity index (χ1v) is 12.6. The van der Waals surface area contributed by atoms with E-state index in [9.17, 15) is 9.59 Å². The van der Waals surface area contributed by atoms with Crippen LogP contribution in [0.3, 0.4) is 0 Å². The van der Waals surface area contributed by atoms with E-state index in [1.807, 2.05) is 90.3 Å². The summed E-state index contributed by atoms with van der Waals surface area (Å²) in [6.45, 7) is 2.11. The van der Waals surface area contributed by atoms with Gasteiger partial charge in [0.05, 0.1) is 23.1 Å². The van der Waals surface area contributed by atoms with Gasteiger partial charge in [-0.2, -0.15) is 4.68 Å². The second-order valence-electron chi connectivity index (χ2n) is 8.64. The minimum atomic E-state index is -0.239. The van der Waals surface area contributed by atoms with Crippen LogP contribution in [0.5, 0.6) is 11.5 Å². The maximum absolute atomic E-state index is 13.4. The molecule has 0 aliphatic carbocycles. The number of aromatic amines is 1. The summed E-state index contributed by atoms with van der Waals surface area (Å²) < 4.78 is 8.96. The number of hydrogen-bond acceptors (Lipinski definition) is 5. The molecule has 0 aliphatic rings. The van der Waals surface area contributed by atoms with Gasteiger partial charge in [-0.05, 0) is 36.8 Å². The Labute approximate surface area is 215 Å². The number of nitrogens with one attached hydrogen (secondary N) is 1. The number of hydrogen-bond donors (Lipinski definition) is 1. The third kappa shape index (κ3) is 4.39. The normalized spacial score (nSPS) is 11.2. The predicted molar refractivity (Wildman–Crippen MR) is 146 cm³/mol. The molecule has 0 saturated heterocycles. The molecule has 0 atom stereocenters. The lowest BCUT2D eigenvalue weighted by Gasteiger charge is -2.12. The van der Waals surface area contributed by atoms with Crippen LogP contribution in [0, 0.1) is 6.92 Å². The highest BCUT2D eigenvalue weighted by Crippen LogP contribution is 2.25. The molecule has 0 unspecified atom stereocenters. The van der Waals surface area contributed by atoms with Crippen molar-refractivity contribution < 1.29 is 4.74 Å². The van der Waals surface area contributed by atoms with Crippen LogP contribution in [0.4, 0.5) is 0 Å². The van der Waals surface area contributed by atoms with Gasteiger partial charge in [-0.15, -0.1) is 11.3 Å². The second kappa shape index (κ2) is 9.40. The number of rotatable bonds is 6. The first kappa shape index (κ1) is 22.8. The van der Waals surface area contributed by atoms with Crippen molar-refractivity contribution in [2.24, 2.45) is 0 Å². The number of nitrogens with zero attached hydrogens (tertiary/aromatic N) is 3. The molecule has 8 heteroatoms. The van der Waals surface area contributed by atoms with Crippen molar-refractivity contribution in [1.82, 2.24) is 19.3 Å². The van der Waals surface area contributed by atoms with Crippen LogP contribution in [-0.2, 0) is 6.54 Å². The van der Waals surface area contributed by atoms with E-state index >= 15 is 0 Å². The van der Waals surface area contributed by atoms with Gasteiger partial charge in [0.25, 0.3) is 11.1 Å². The average molecular weight is 507 g/mol. The zero-order valence-corrected chi connectivity index (χ0v) is 20.7. The summed E-state index contributed by atoms with van der Waals surface area (Å²) in [5.74, 6) is 1.41. The highest BCUT2D eigenvalue weighted by Gasteiger charge is 2.17. The van der Waals surface area contributed by atoms with Crippen LogP contribution < -0.4 is 15.9 Å². The van der Waals surface area contributed by atoms with Crippen LogP contribution in [-0.4, -0.2) is 19.3 Å². The lowest BCUT2D eigenvalue weighted by atomic mass is 10.2. The Morgan fingerprint density at radius 1 is 0.892 bits per heavy atom. The van der Waals surface area contributed by atoms with E-state index in [-0.39, 0.29) is 11.1 Å². The molecule has 0 saturated carbocycles. The summed E-state index contributed by atoms with van der Waals surface area (Å²) in [4.78, 5) is 31.1. The maximum atomic E-state index is 13.4. The van der Waals surface area contributed by atoms with Gasteiger partial charge in [0.1, 0.15) is 11.5 Å². The van der Waals surface area contributed by atoms with Gasteiger partial charge in [0.15, 0.2) is 0 Å². The number of pyridine rings is 1. The predicted octanol–water partition coefficient (Wildman–Crippen LogP) is 5.75. The maximum Gasteiger partial charge on any atom is 0.282 e. The van der Waals surface area contributed by atoms with Crippen molar-refractivity contribution in [2.45, 2.75) is 13.5 Å². The van der Waals surface area contributed by atoms with Crippen molar-refractivity contribution in [3.8, 4) is 27.9 Å². The molecule has 0 bridgehead atoms. The van der Waals surface area contributed by atoms with Gasteiger partial charge in [-0.1, -0.05) is 60.7 Å². The van der Waals surface area contributed by atoms with Gasteiger partial charge in [-0.25, -0.2) is 4.98 Å². The fourth-order valence-corrected chi connectivity index (χ4v) is 5.15. The Morgan fingerprint density at radius 2 is 1.62 bits per heavy atom. The van der Waals surface area contributed by atoms with Gasteiger partial charge in [0.2, 0.25) is 5.13 Å². The third-order valence-corrected chi connectivity index (χ3v) is 7.02. The molecule has 3 aromatic carbocycles. The molecular weight excluding hydrogens is 484 g/mol. The lowest BCUT2D eigenvalue weighted by molar-refractivity contribution is 0.481. The number of aromatic nitrogens is 4. The number of aryl methyl sites for hydroxylation is 1. The molecule has 0 aliphatic heterocycles. The number of H-pyrrole nitrogens is 1. The van der Waals surface area contributed by atoms with Crippen LogP contribution in [0.15, 0.2) is 106 Å². The standard InChI is InChI=1S/C29H22N4O3S/c1-19-27-24(31-33(28(27)35)29-30-25(18-37-29)21-10-4-2-5-11-21)16-26(34)32(19)17-20-9-8-14-23(15-20)36-22-12-6-3-7-13-22/h2-16,18,31H,17H2,1H3. The van der Waals surface area contributed by atoms with Crippen molar-refractivity contribution in [3.05, 3.63) is 128 Å². The Balaban J connectivity index is 1.35. The molecule has 1 N–H and O–H groups in total. The first-order valence-electron chi connectivity index (χ1n) is 11.8. The number of benzene rings is 3. The zero-order valence-electron chi connectivity index (χ0n) is 19.9.